The zero-order chi connectivity index (χ0) is 15.0. The van der Waals surface area contributed by atoms with Crippen LogP contribution in [0.2, 0.25) is 0 Å². The number of piperidine rings is 1. The van der Waals surface area contributed by atoms with Crippen LogP contribution in [0.25, 0.3) is 0 Å². The zero-order valence-corrected chi connectivity index (χ0v) is 12.7. The highest BCUT2D eigenvalue weighted by molar-refractivity contribution is 5.97. The van der Waals surface area contributed by atoms with E-state index in [0.717, 1.165) is 31.6 Å². The van der Waals surface area contributed by atoms with Gasteiger partial charge >= 0.3 is 0 Å². The average molecular weight is 290 g/mol. The molecule has 2 atom stereocenters. The minimum Gasteiger partial charge on any atom is -0.337 e. The van der Waals surface area contributed by atoms with Gasteiger partial charge in [-0.1, -0.05) is 6.92 Å². The molecule has 0 N–H and O–H groups in total. The van der Waals surface area contributed by atoms with Gasteiger partial charge in [0.1, 0.15) is 17.9 Å². The summed E-state index contributed by atoms with van der Waals surface area (Å²) in [4.78, 5) is 33.3. The summed E-state index contributed by atoms with van der Waals surface area (Å²) in [6, 6.07) is -0.599. The van der Waals surface area contributed by atoms with Crippen molar-refractivity contribution >= 4 is 11.8 Å². The molecule has 6 nitrogen and oxygen atoms in total. The van der Waals surface area contributed by atoms with Crippen molar-refractivity contribution in [2.75, 3.05) is 6.54 Å². The van der Waals surface area contributed by atoms with Gasteiger partial charge in [-0.05, 0) is 25.7 Å². The van der Waals surface area contributed by atoms with Crippen molar-refractivity contribution in [1.82, 2.24) is 19.4 Å². The summed E-state index contributed by atoms with van der Waals surface area (Å²) in [5.74, 6) is 1.01. The summed E-state index contributed by atoms with van der Waals surface area (Å²) in [7, 11) is 1.91. The van der Waals surface area contributed by atoms with Crippen molar-refractivity contribution < 1.29 is 9.59 Å². The molecular weight excluding hydrogens is 268 g/mol. The number of aryl methyl sites for hydroxylation is 1. The van der Waals surface area contributed by atoms with Crippen LogP contribution in [0.5, 0.6) is 0 Å². The Morgan fingerprint density at radius 2 is 2.10 bits per heavy atom. The molecule has 2 aliphatic rings. The maximum atomic E-state index is 12.8. The Morgan fingerprint density at radius 3 is 2.76 bits per heavy atom. The fourth-order valence-corrected chi connectivity index (χ4v) is 3.41. The first-order valence-corrected chi connectivity index (χ1v) is 7.70. The Kier molecular flexibility index (Phi) is 3.69. The Balaban J connectivity index is 1.88. The second kappa shape index (κ2) is 5.50. The molecule has 2 amide bonds. The van der Waals surface area contributed by atoms with E-state index in [0.29, 0.717) is 13.0 Å². The van der Waals surface area contributed by atoms with E-state index in [1.165, 1.54) is 0 Å². The van der Waals surface area contributed by atoms with E-state index in [1.54, 1.807) is 16.0 Å². The molecular formula is C15H22N4O2. The monoisotopic (exact) mass is 290 g/mol. The molecule has 1 aromatic heterocycles. The highest BCUT2D eigenvalue weighted by atomic mass is 16.2. The Bertz CT molecular complexity index is 554. The van der Waals surface area contributed by atoms with Crippen molar-refractivity contribution in [2.45, 2.75) is 51.2 Å². The fourth-order valence-electron chi connectivity index (χ4n) is 3.41. The summed E-state index contributed by atoms with van der Waals surface area (Å²) in [5.41, 5.74) is 0. The molecule has 0 spiro atoms. The number of rotatable bonds is 3. The molecule has 0 aromatic carbocycles. The first-order valence-electron chi connectivity index (χ1n) is 7.70. The molecule has 2 saturated heterocycles. The van der Waals surface area contributed by atoms with Crippen molar-refractivity contribution in [3.05, 3.63) is 18.2 Å². The largest absolute Gasteiger partial charge is 0.337 e. The van der Waals surface area contributed by atoms with Gasteiger partial charge in [-0.2, -0.15) is 0 Å². The Morgan fingerprint density at radius 1 is 1.29 bits per heavy atom. The van der Waals surface area contributed by atoms with Crippen molar-refractivity contribution in [2.24, 2.45) is 7.05 Å². The van der Waals surface area contributed by atoms with Gasteiger partial charge in [0.2, 0.25) is 11.8 Å². The summed E-state index contributed by atoms with van der Waals surface area (Å²) in [5, 5.41) is 0. The van der Waals surface area contributed by atoms with Crippen LogP contribution in [0.1, 0.15) is 38.4 Å². The molecule has 0 bridgehead atoms. The summed E-state index contributed by atoms with van der Waals surface area (Å²) >= 11 is 0. The molecule has 2 unspecified atom stereocenters. The van der Waals surface area contributed by atoms with Crippen LogP contribution in [-0.2, 0) is 23.2 Å². The average Bonchev–Trinajstić information content (AvgIpc) is 2.90. The van der Waals surface area contributed by atoms with Crippen molar-refractivity contribution in [3.63, 3.8) is 0 Å². The second-order valence-electron chi connectivity index (χ2n) is 5.89. The highest BCUT2D eigenvalue weighted by Gasteiger charge is 2.45. The number of amides is 2. The van der Waals surface area contributed by atoms with Crippen LogP contribution in [0.3, 0.4) is 0 Å². The smallest absolute Gasteiger partial charge is 0.246 e. The lowest BCUT2D eigenvalue weighted by atomic mass is 9.94. The normalized spacial score (nSPS) is 26.2. The van der Waals surface area contributed by atoms with E-state index in [9.17, 15) is 9.59 Å². The van der Waals surface area contributed by atoms with Gasteiger partial charge in [0.05, 0.1) is 6.54 Å². The van der Waals surface area contributed by atoms with Gasteiger partial charge in [0.15, 0.2) is 0 Å². The number of piperazine rings is 1. The first kappa shape index (κ1) is 14.1. The topological polar surface area (TPSA) is 58.4 Å². The molecule has 2 fully saturated rings. The molecule has 114 valence electrons. The number of hydrogen-bond donors (Lipinski definition) is 0. The SMILES string of the molecule is CCC1C(=O)N2CCCCC2C(=O)N1Cc1nccn1C. The number of fused-ring (bicyclic) bond motifs is 1. The lowest BCUT2D eigenvalue weighted by molar-refractivity contribution is -0.164. The van der Waals surface area contributed by atoms with Crippen LogP contribution in [0.4, 0.5) is 0 Å². The van der Waals surface area contributed by atoms with E-state index in [-0.39, 0.29) is 23.9 Å². The summed E-state index contributed by atoms with van der Waals surface area (Å²) in [6.07, 6.45) is 7.05. The maximum absolute atomic E-state index is 12.8. The molecule has 1 aromatic rings. The van der Waals surface area contributed by atoms with Gasteiger partial charge in [0, 0.05) is 26.0 Å². The van der Waals surface area contributed by atoms with E-state index in [2.05, 4.69) is 4.98 Å². The number of imidazole rings is 1. The van der Waals surface area contributed by atoms with Gasteiger partial charge in [-0.3, -0.25) is 9.59 Å². The number of nitrogens with zero attached hydrogens (tertiary/aromatic N) is 4. The number of hydrogen-bond acceptors (Lipinski definition) is 3. The lowest BCUT2D eigenvalue weighted by Gasteiger charge is -2.46. The van der Waals surface area contributed by atoms with Gasteiger partial charge in [0.25, 0.3) is 0 Å². The predicted octanol–water partition coefficient (Wildman–Crippen LogP) is 0.922. The minimum atomic E-state index is -0.344. The molecule has 2 aliphatic heterocycles. The van der Waals surface area contributed by atoms with Crippen LogP contribution >= 0.6 is 0 Å². The molecule has 0 aliphatic carbocycles. The number of carbonyl (C=O) groups is 2. The highest BCUT2D eigenvalue weighted by Crippen LogP contribution is 2.28. The number of carbonyl (C=O) groups excluding carboxylic acids is 2. The molecule has 21 heavy (non-hydrogen) atoms. The Hall–Kier alpha value is -1.85. The third kappa shape index (κ3) is 2.32. The van der Waals surface area contributed by atoms with Crippen LogP contribution in [0.15, 0.2) is 12.4 Å². The zero-order valence-electron chi connectivity index (χ0n) is 12.7. The standard InChI is InChI=1S/C15H22N4O2/c1-3-11-14(20)18-8-5-4-6-12(18)15(21)19(11)10-13-16-7-9-17(13)2/h7,9,11-12H,3-6,8,10H2,1-2H3. The van der Waals surface area contributed by atoms with Gasteiger partial charge in [-0.25, -0.2) is 4.98 Å². The van der Waals surface area contributed by atoms with E-state index < -0.39 is 0 Å². The van der Waals surface area contributed by atoms with E-state index >= 15 is 0 Å². The van der Waals surface area contributed by atoms with Crippen molar-refractivity contribution in [3.8, 4) is 0 Å². The molecule has 0 saturated carbocycles. The van der Waals surface area contributed by atoms with E-state index in [1.807, 2.05) is 24.7 Å². The summed E-state index contributed by atoms with van der Waals surface area (Å²) in [6.45, 7) is 3.10. The lowest BCUT2D eigenvalue weighted by Crippen LogP contribution is -2.65. The van der Waals surface area contributed by atoms with Crippen LogP contribution in [-0.4, -0.2) is 49.8 Å². The minimum absolute atomic E-state index is 0.0872. The number of aromatic nitrogens is 2. The fraction of sp³-hybridized carbons (Fsp3) is 0.667. The van der Waals surface area contributed by atoms with Crippen LogP contribution < -0.4 is 0 Å². The van der Waals surface area contributed by atoms with Gasteiger partial charge in [-0.15, -0.1) is 0 Å². The molecule has 3 heterocycles. The first-order chi connectivity index (χ1) is 10.1. The molecule has 3 rings (SSSR count). The Labute approximate surface area is 124 Å². The summed E-state index contributed by atoms with van der Waals surface area (Å²) < 4.78 is 1.90. The van der Waals surface area contributed by atoms with Crippen LogP contribution in [0, 0.1) is 0 Å². The predicted molar refractivity (Wildman–Crippen MR) is 77.2 cm³/mol. The molecule has 6 heteroatoms. The van der Waals surface area contributed by atoms with Gasteiger partial charge < -0.3 is 14.4 Å². The van der Waals surface area contributed by atoms with E-state index in [4.69, 9.17) is 0 Å². The quantitative estimate of drug-likeness (QED) is 0.832. The maximum Gasteiger partial charge on any atom is 0.246 e. The second-order valence-corrected chi connectivity index (χ2v) is 5.89. The van der Waals surface area contributed by atoms with Crippen molar-refractivity contribution in [1.29, 1.82) is 0 Å². The molecule has 0 radical (unpaired) electrons. The third-order valence-electron chi connectivity index (χ3n) is 4.63. The third-order valence-corrected chi connectivity index (χ3v) is 4.63.